The Hall–Kier alpha value is -1.46. The van der Waals surface area contributed by atoms with Gasteiger partial charge in [0.1, 0.15) is 0 Å². The van der Waals surface area contributed by atoms with E-state index in [4.69, 9.17) is 0 Å². The highest BCUT2D eigenvalue weighted by atomic mass is 16.1. The van der Waals surface area contributed by atoms with Gasteiger partial charge in [0, 0.05) is 37.4 Å². The summed E-state index contributed by atoms with van der Waals surface area (Å²) in [5.41, 5.74) is 7.69. The fraction of sp³-hybridized carbons (Fsp3) is 0.600. The van der Waals surface area contributed by atoms with Crippen LogP contribution in [0.15, 0.2) is 24.5 Å². The van der Waals surface area contributed by atoms with Crippen molar-refractivity contribution in [2.24, 2.45) is 5.92 Å². The maximum absolute atomic E-state index is 12.0. The summed E-state index contributed by atoms with van der Waals surface area (Å²) >= 11 is 0. The number of nitrogens with zero attached hydrogens (tertiary/aromatic N) is 1. The van der Waals surface area contributed by atoms with Gasteiger partial charge in [0.25, 0.3) is 0 Å². The normalized spacial score (nSPS) is 28.9. The lowest BCUT2D eigenvalue weighted by atomic mass is 9.81. The molecular weight excluding hydrogens is 252 g/mol. The molecule has 3 N–H and O–H groups in total. The number of hydrogen-bond acceptors (Lipinski definition) is 4. The summed E-state index contributed by atoms with van der Waals surface area (Å²) in [6, 6.07) is 4.69. The minimum atomic E-state index is 0.111. The topological polar surface area (TPSA) is 66.1 Å². The Labute approximate surface area is 119 Å². The predicted octanol–water partition coefficient (Wildman–Crippen LogP) is 1.12. The molecule has 108 valence electrons. The lowest BCUT2D eigenvalue weighted by Gasteiger charge is -2.26. The number of pyridine rings is 1. The molecule has 0 bridgehead atoms. The molecule has 1 aliphatic carbocycles. The van der Waals surface area contributed by atoms with E-state index in [0.717, 1.165) is 5.56 Å². The molecule has 1 amide bonds. The smallest absolute Gasteiger partial charge is 0.221 e. The van der Waals surface area contributed by atoms with Gasteiger partial charge in [-0.25, -0.2) is 0 Å². The van der Waals surface area contributed by atoms with Crippen molar-refractivity contribution in [1.29, 1.82) is 0 Å². The highest BCUT2D eigenvalue weighted by Gasteiger charge is 2.37. The summed E-state index contributed by atoms with van der Waals surface area (Å²) in [5, 5.41) is 2.97. The number of fused-ring (bicyclic) bond motifs is 1. The van der Waals surface area contributed by atoms with Gasteiger partial charge in [-0.3, -0.25) is 20.6 Å². The SMILES string of the molecule is O=C(CC1NNC2CCCCC21)NCc1cccnc1. The van der Waals surface area contributed by atoms with Gasteiger partial charge < -0.3 is 5.32 Å². The number of carbonyl (C=O) groups excluding carboxylic acids is 1. The first-order valence-corrected chi connectivity index (χ1v) is 7.49. The average Bonchev–Trinajstić information content (AvgIpc) is 2.90. The van der Waals surface area contributed by atoms with E-state index >= 15 is 0 Å². The molecule has 2 fully saturated rings. The highest BCUT2D eigenvalue weighted by Crippen LogP contribution is 2.31. The molecule has 0 aromatic carbocycles. The van der Waals surface area contributed by atoms with Crippen LogP contribution in [0.2, 0.25) is 0 Å². The molecule has 5 heteroatoms. The molecule has 3 atom stereocenters. The fourth-order valence-electron chi connectivity index (χ4n) is 3.32. The van der Waals surface area contributed by atoms with Crippen LogP contribution >= 0.6 is 0 Å². The first-order valence-electron chi connectivity index (χ1n) is 7.49. The quantitative estimate of drug-likeness (QED) is 0.770. The van der Waals surface area contributed by atoms with E-state index in [9.17, 15) is 4.79 Å². The second-order valence-corrected chi connectivity index (χ2v) is 5.79. The van der Waals surface area contributed by atoms with Gasteiger partial charge in [-0.05, 0) is 30.4 Å². The Kier molecular flexibility index (Phi) is 4.28. The number of rotatable bonds is 4. The van der Waals surface area contributed by atoms with Gasteiger partial charge in [-0.15, -0.1) is 0 Å². The molecule has 0 radical (unpaired) electrons. The van der Waals surface area contributed by atoms with E-state index in [2.05, 4.69) is 21.2 Å². The number of hydrazine groups is 1. The van der Waals surface area contributed by atoms with Gasteiger partial charge in [0.15, 0.2) is 0 Å². The maximum atomic E-state index is 12.0. The number of carbonyl (C=O) groups is 1. The van der Waals surface area contributed by atoms with Gasteiger partial charge in [0.05, 0.1) is 0 Å². The Bertz CT molecular complexity index is 450. The Morgan fingerprint density at radius 2 is 2.25 bits per heavy atom. The molecule has 1 aromatic rings. The largest absolute Gasteiger partial charge is 0.352 e. The predicted molar refractivity (Wildman–Crippen MR) is 76.5 cm³/mol. The van der Waals surface area contributed by atoms with Crippen molar-refractivity contribution in [3.8, 4) is 0 Å². The third-order valence-corrected chi connectivity index (χ3v) is 4.41. The average molecular weight is 274 g/mol. The van der Waals surface area contributed by atoms with E-state index in [1.165, 1.54) is 25.7 Å². The summed E-state index contributed by atoms with van der Waals surface area (Å²) in [4.78, 5) is 16.1. The van der Waals surface area contributed by atoms with Crippen LogP contribution in [0.1, 0.15) is 37.7 Å². The Balaban J connectivity index is 1.47. The molecule has 1 saturated heterocycles. The second kappa shape index (κ2) is 6.33. The van der Waals surface area contributed by atoms with Crippen LogP contribution in [0.3, 0.4) is 0 Å². The van der Waals surface area contributed by atoms with E-state index < -0.39 is 0 Å². The molecule has 1 aliphatic heterocycles. The molecule has 5 nitrogen and oxygen atoms in total. The van der Waals surface area contributed by atoms with Crippen LogP contribution in [0.4, 0.5) is 0 Å². The molecule has 2 heterocycles. The van der Waals surface area contributed by atoms with Crippen molar-refractivity contribution in [1.82, 2.24) is 21.2 Å². The lowest BCUT2D eigenvalue weighted by Crippen LogP contribution is -2.37. The molecule has 0 spiro atoms. The zero-order valence-corrected chi connectivity index (χ0v) is 11.6. The molecule has 3 rings (SSSR count). The minimum Gasteiger partial charge on any atom is -0.352 e. The Morgan fingerprint density at radius 3 is 3.10 bits per heavy atom. The summed E-state index contributed by atoms with van der Waals surface area (Å²) in [5.74, 6) is 0.715. The standard InChI is InChI=1S/C15H22N4O/c20-15(17-10-11-4-3-7-16-9-11)8-14-12-5-1-2-6-13(12)18-19-14/h3-4,7,9,12-14,18-19H,1-2,5-6,8,10H2,(H,17,20). The summed E-state index contributed by atoms with van der Waals surface area (Å²) in [6.07, 6.45) is 9.12. The third-order valence-electron chi connectivity index (χ3n) is 4.41. The Morgan fingerprint density at radius 1 is 1.35 bits per heavy atom. The number of nitrogens with one attached hydrogen (secondary N) is 3. The van der Waals surface area contributed by atoms with Crippen LogP contribution < -0.4 is 16.2 Å². The van der Waals surface area contributed by atoms with Crippen molar-refractivity contribution in [3.63, 3.8) is 0 Å². The van der Waals surface area contributed by atoms with Gasteiger partial charge >= 0.3 is 0 Å². The molecule has 2 aliphatic rings. The third kappa shape index (κ3) is 3.16. The summed E-state index contributed by atoms with van der Waals surface area (Å²) < 4.78 is 0. The van der Waals surface area contributed by atoms with Crippen molar-refractivity contribution in [2.75, 3.05) is 0 Å². The van der Waals surface area contributed by atoms with Crippen molar-refractivity contribution in [2.45, 2.75) is 50.7 Å². The van der Waals surface area contributed by atoms with Crippen LogP contribution in [-0.2, 0) is 11.3 Å². The highest BCUT2D eigenvalue weighted by molar-refractivity contribution is 5.76. The first kappa shape index (κ1) is 13.5. The van der Waals surface area contributed by atoms with E-state index in [1.54, 1.807) is 12.4 Å². The summed E-state index contributed by atoms with van der Waals surface area (Å²) in [6.45, 7) is 0.556. The molecule has 1 aromatic heterocycles. The van der Waals surface area contributed by atoms with Crippen LogP contribution in [0.25, 0.3) is 0 Å². The number of amides is 1. The number of aromatic nitrogens is 1. The zero-order valence-electron chi connectivity index (χ0n) is 11.6. The van der Waals surface area contributed by atoms with Gasteiger partial charge in [-0.1, -0.05) is 18.9 Å². The molecular formula is C15H22N4O. The first-order chi connectivity index (χ1) is 9.83. The number of hydrogen-bond donors (Lipinski definition) is 3. The minimum absolute atomic E-state index is 0.111. The maximum Gasteiger partial charge on any atom is 0.221 e. The van der Waals surface area contributed by atoms with Crippen LogP contribution in [-0.4, -0.2) is 23.0 Å². The molecule has 3 unspecified atom stereocenters. The molecule has 1 saturated carbocycles. The second-order valence-electron chi connectivity index (χ2n) is 5.79. The van der Waals surface area contributed by atoms with E-state index in [-0.39, 0.29) is 11.9 Å². The lowest BCUT2D eigenvalue weighted by molar-refractivity contribution is -0.121. The molecule has 20 heavy (non-hydrogen) atoms. The van der Waals surface area contributed by atoms with Gasteiger partial charge in [0.2, 0.25) is 5.91 Å². The van der Waals surface area contributed by atoms with E-state index in [1.807, 2.05) is 12.1 Å². The van der Waals surface area contributed by atoms with Crippen LogP contribution in [0.5, 0.6) is 0 Å². The van der Waals surface area contributed by atoms with Crippen molar-refractivity contribution >= 4 is 5.91 Å². The zero-order chi connectivity index (χ0) is 13.8. The van der Waals surface area contributed by atoms with Crippen LogP contribution in [0, 0.1) is 5.92 Å². The van der Waals surface area contributed by atoms with E-state index in [0.29, 0.717) is 24.9 Å². The van der Waals surface area contributed by atoms with Gasteiger partial charge in [-0.2, -0.15) is 0 Å². The fourth-order valence-corrected chi connectivity index (χ4v) is 3.32. The van der Waals surface area contributed by atoms with Crippen molar-refractivity contribution < 1.29 is 4.79 Å². The summed E-state index contributed by atoms with van der Waals surface area (Å²) in [7, 11) is 0. The van der Waals surface area contributed by atoms with Crippen molar-refractivity contribution in [3.05, 3.63) is 30.1 Å². The monoisotopic (exact) mass is 274 g/mol.